The van der Waals surface area contributed by atoms with Gasteiger partial charge in [0.15, 0.2) is 16.6 Å². The number of benzene rings is 3. The predicted octanol–water partition coefficient (Wildman–Crippen LogP) is 5.78. The van der Waals surface area contributed by atoms with E-state index in [0.717, 1.165) is 21.3 Å². The van der Waals surface area contributed by atoms with Crippen LogP contribution in [0.25, 0.3) is 10.2 Å². The van der Waals surface area contributed by atoms with Gasteiger partial charge in [-0.15, -0.1) is 0 Å². The van der Waals surface area contributed by atoms with Crippen molar-refractivity contribution in [3.05, 3.63) is 82.9 Å². The van der Waals surface area contributed by atoms with E-state index in [1.807, 2.05) is 37.3 Å². The Labute approximate surface area is 185 Å². The number of methoxy groups -OCH3 is 2. The standard InChI is InChI=1S/C25H24N2O3S/c1-16-13-17(2)22-21(14-16)31-25(26-22)27(15-18-9-6-5-7-10-18)24(28)19-11-8-12-20(29-3)23(19)30-4/h5-14H,15H2,1-4H3. The molecule has 0 aliphatic rings. The van der Waals surface area contributed by atoms with Crippen molar-refractivity contribution in [2.45, 2.75) is 20.4 Å². The molecule has 158 valence electrons. The lowest BCUT2D eigenvalue weighted by Gasteiger charge is -2.22. The Morgan fingerprint density at radius 3 is 2.48 bits per heavy atom. The summed E-state index contributed by atoms with van der Waals surface area (Å²) in [7, 11) is 3.10. The van der Waals surface area contributed by atoms with Crippen molar-refractivity contribution in [3.63, 3.8) is 0 Å². The van der Waals surface area contributed by atoms with E-state index >= 15 is 0 Å². The summed E-state index contributed by atoms with van der Waals surface area (Å²) in [6.45, 7) is 4.52. The van der Waals surface area contributed by atoms with Crippen LogP contribution in [-0.4, -0.2) is 25.1 Å². The number of thiazole rings is 1. The Bertz CT molecular complexity index is 1230. The van der Waals surface area contributed by atoms with E-state index in [1.165, 1.54) is 16.9 Å². The lowest BCUT2D eigenvalue weighted by molar-refractivity contribution is 0.0981. The Balaban J connectivity index is 1.84. The molecule has 0 spiro atoms. The molecular formula is C25H24N2O3S. The molecule has 0 saturated heterocycles. The molecule has 0 atom stereocenters. The highest BCUT2D eigenvalue weighted by molar-refractivity contribution is 7.22. The number of aromatic nitrogens is 1. The van der Waals surface area contributed by atoms with Crippen molar-refractivity contribution in [1.82, 2.24) is 4.98 Å². The third-order valence-corrected chi connectivity index (χ3v) is 6.14. The van der Waals surface area contributed by atoms with Gasteiger partial charge in [-0.2, -0.15) is 0 Å². The Hall–Kier alpha value is -3.38. The van der Waals surface area contributed by atoms with E-state index in [4.69, 9.17) is 14.5 Å². The molecule has 1 amide bonds. The first-order chi connectivity index (χ1) is 15.0. The number of aryl methyl sites for hydroxylation is 2. The third-order valence-electron chi connectivity index (χ3n) is 5.11. The third kappa shape index (κ3) is 4.11. The van der Waals surface area contributed by atoms with Crippen LogP contribution < -0.4 is 14.4 Å². The van der Waals surface area contributed by atoms with Crippen molar-refractivity contribution in [3.8, 4) is 11.5 Å². The number of ether oxygens (including phenoxy) is 2. The van der Waals surface area contributed by atoms with Crippen LogP contribution in [0.15, 0.2) is 60.7 Å². The zero-order valence-electron chi connectivity index (χ0n) is 18.0. The fourth-order valence-corrected chi connectivity index (χ4v) is 4.81. The zero-order valence-corrected chi connectivity index (χ0v) is 18.8. The predicted molar refractivity (Wildman–Crippen MR) is 126 cm³/mol. The molecule has 4 aromatic rings. The van der Waals surface area contributed by atoms with Crippen LogP contribution >= 0.6 is 11.3 Å². The molecule has 0 aliphatic carbocycles. The summed E-state index contributed by atoms with van der Waals surface area (Å²) >= 11 is 1.52. The highest BCUT2D eigenvalue weighted by Crippen LogP contribution is 2.36. The second-order valence-electron chi connectivity index (χ2n) is 7.34. The number of hydrogen-bond acceptors (Lipinski definition) is 5. The lowest BCUT2D eigenvalue weighted by Crippen LogP contribution is -2.30. The van der Waals surface area contributed by atoms with Crippen molar-refractivity contribution in [1.29, 1.82) is 0 Å². The minimum Gasteiger partial charge on any atom is -0.493 e. The molecule has 5 nitrogen and oxygen atoms in total. The largest absolute Gasteiger partial charge is 0.493 e. The van der Waals surface area contributed by atoms with Crippen LogP contribution in [0.2, 0.25) is 0 Å². The molecule has 31 heavy (non-hydrogen) atoms. The molecule has 0 bridgehead atoms. The van der Waals surface area contributed by atoms with Crippen LogP contribution in [0.5, 0.6) is 11.5 Å². The van der Waals surface area contributed by atoms with E-state index < -0.39 is 0 Å². The molecule has 1 heterocycles. The molecule has 0 unspecified atom stereocenters. The van der Waals surface area contributed by atoms with Crippen molar-refractivity contribution in [2.24, 2.45) is 0 Å². The first-order valence-electron chi connectivity index (χ1n) is 9.96. The van der Waals surface area contributed by atoms with Gasteiger partial charge in [-0.1, -0.05) is 53.8 Å². The topological polar surface area (TPSA) is 51.7 Å². The maximum absolute atomic E-state index is 13.8. The fourth-order valence-electron chi connectivity index (χ4n) is 3.67. The minimum absolute atomic E-state index is 0.187. The van der Waals surface area contributed by atoms with E-state index in [0.29, 0.717) is 28.7 Å². The summed E-state index contributed by atoms with van der Waals surface area (Å²) < 4.78 is 12.0. The molecule has 4 rings (SSSR count). The van der Waals surface area contributed by atoms with Crippen LogP contribution in [0.1, 0.15) is 27.0 Å². The normalized spacial score (nSPS) is 10.8. The smallest absolute Gasteiger partial charge is 0.264 e. The van der Waals surface area contributed by atoms with Gasteiger partial charge >= 0.3 is 0 Å². The van der Waals surface area contributed by atoms with Gasteiger partial charge in [0.1, 0.15) is 0 Å². The number of hydrogen-bond donors (Lipinski definition) is 0. The van der Waals surface area contributed by atoms with Crippen LogP contribution in [-0.2, 0) is 6.54 Å². The maximum Gasteiger partial charge on any atom is 0.264 e. The summed E-state index contributed by atoms with van der Waals surface area (Å²) in [5.74, 6) is 0.748. The average Bonchev–Trinajstić information content (AvgIpc) is 3.21. The summed E-state index contributed by atoms with van der Waals surface area (Å²) in [5, 5.41) is 0.655. The summed E-state index contributed by atoms with van der Waals surface area (Å²) in [6, 6.07) is 19.5. The Morgan fingerprint density at radius 2 is 1.77 bits per heavy atom. The van der Waals surface area contributed by atoms with Gasteiger partial charge in [-0.05, 0) is 48.7 Å². The van der Waals surface area contributed by atoms with Gasteiger partial charge in [0.2, 0.25) is 0 Å². The molecule has 0 fully saturated rings. The van der Waals surface area contributed by atoms with E-state index in [1.54, 1.807) is 37.3 Å². The summed E-state index contributed by atoms with van der Waals surface area (Å²) in [4.78, 5) is 20.3. The molecule has 1 aromatic heterocycles. The van der Waals surface area contributed by atoms with Gasteiger partial charge in [0.05, 0.1) is 36.5 Å². The average molecular weight is 433 g/mol. The minimum atomic E-state index is -0.187. The number of fused-ring (bicyclic) bond motifs is 1. The van der Waals surface area contributed by atoms with Crippen molar-refractivity contribution < 1.29 is 14.3 Å². The molecule has 0 saturated carbocycles. The number of carbonyl (C=O) groups is 1. The van der Waals surface area contributed by atoms with Crippen LogP contribution in [0.4, 0.5) is 5.13 Å². The molecule has 0 N–H and O–H groups in total. The van der Waals surface area contributed by atoms with E-state index in [2.05, 4.69) is 19.1 Å². The number of para-hydroxylation sites is 1. The number of anilines is 1. The first-order valence-corrected chi connectivity index (χ1v) is 10.8. The van der Waals surface area contributed by atoms with Crippen molar-refractivity contribution >= 4 is 32.6 Å². The Morgan fingerprint density at radius 1 is 1.00 bits per heavy atom. The van der Waals surface area contributed by atoms with Gasteiger partial charge in [0.25, 0.3) is 5.91 Å². The highest BCUT2D eigenvalue weighted by atomic mass is 32.1. The quantitative estimate of drug-likeness (QED) is 0.388. The van der Waals surface area contributed by atoms with E-state index in [9.17, 15) is 4.79 Å². The van der Waals surface area contributed by atoms with Crippen LogP contribution in [0, 0.1) is 13.8 Å². The number of amides is 1. The molecule has 0 radical (unpaired) electrons. The zero-order chi connectivity index (χ0) is 22.0. The molecule has 3 aromatic carbocycles. The number of carbonyl (C=O) groups excluding carboxylic acids is 1. The number of nitrogens with zero attached hydrogens (tertiary/aromatic N) is 2. The fraction of sp³-hybridized carbons (Fsp3) is 0.200. The molecular weight excluding hydrogens is 408 g/mol. The van der Waals surface area contributed by atoms with Gasteiger partial charge in [-0.25, -0.2) is 4.98 Å². The maximum atomic E-state index is 13.8. The molecule has 6 heteroatoms. The van der Waals surface area contributed by atoms with Gasteiger partial charge in [-0.3, -0.25) is 9.69 Å². The SMILES string of the molecule is COc1cccc(C(=O)N(Cc2ccccc2)c2nc3c(C)cc(C)cc3s2)c1OC. The Kier molecular flexibility index (Phi) is 5.91. The lowest BCUT2D eigenvalue weighted by atomic mass is 10.1. The van der Waals surface area contributed by atoms with Crippen molar-refractivity contribution in [2.75, 3.05) is 19.1 Å². The second kappa shape index (κ2) is 8.78. The summed E-state index contributed by atoms with van der Waals surface area (Å²) in [6.07, 6.45) is 0. The monoisotopic (exact) mass is 432 g/mol. The molecule has 0 aliphatic heterocycles. The van der Waals surface area contributed by atoms with Gasteiger partial charge in [0, 0.05) is 0 Å². The number of rotatable bonds is 6. The van der Waals surface area contributed by atoms with Gasteiger partial charge < -0.3 is 9.47 Å². The highest BCUT2D eigenvalue weighted by Gasteiger charge is 2.26. The van der Waals surface area contributed by atoms with Crippen LogP contribution in [0.3, 0.4) is 0 Å². The first kappa shape index (κ1) is 20.9. The van der Waals surface area contributed by atoms with E-state index in [-0.39, 0.29) is 5.91 Å². The second-order valence-corrected chi connectivity index (χ2v) is 8.35. The summed E-state index contributed by atoms with van der Waals surface area (Å²) in [5.41, 5.74) is 4.66.